The van der Waals surface area contributed by atoms with Crippen LogP contribution in [0.3, 0.4) is 0 Å². The summed E-state index contributed by atoms with van der Waals surface area (Å²) in [5, 5.41) is 3.84. The van der Waals surface area contributed by atoms with Crippen LogP contribution in [0.15, 0.2) is 17.2 Å². The van der Waals surface area contributed by atoms with Gasteiger partial charge in [-0.1, -0.05) is 11.2 Å². The van der Waals surface area contributed by atoms with E-state index in [1.807, 2.05) is 0 Å². The van der Waals surface area contributed by atoms with Crippen molar-refractivity contribution < 1.29 is 9.26 Å². The van der Waals surface area contributed by atoms with E-state index in [4.69, 9.17) is 15.0 Å². The largest absolute Gasteiger partial charge is 0.385 e. The Morgan fingerprint density at radius 3 is 3.13 bits per heavy atom. The molecular formula is C10H17N3O2. The average molecular weight is 211 g/mol. The van der Waals surface area contributed by atoms with Gasteiger partial charge in [-0.2, -0.15) is 4.98 Å². The Balaban J connectivity index is 2.44. The van der Waals surface area contributed by atoms with Gasteiger partial charge in [-0.3, -0.25) is 0 Å². The summed E-state index contributed by atoms with van der Waals surface area (Å²) >= 11 is 0. The average Bonchev–Trinajstić information content (AvgIpc) is 2.67. The predicted molar refractivity (Wildman–Crippen MR) is 56.2 cm³/mol. The zero-order valence-electron chi connectivity index (χ0n) is 8.98. The minimum atomic E-state index is -0.244. The highest BCUT2D eigenvalue weighted by Crippen LogP contribution is 2.12. The second-order valence-corrected chi connectivity index (χ2v) is 3.28. The lowest BCUT2D eigenvalue weighted by molar-refractivity contribution is 0.194. The summed E-state index contributed by atoms with van der Waals surface area (Å²) in [6.45, 7) is 4.30. The van der Waals surface area contributed by atoms with Gasteiger partial charge < -0.3 is 15.0 Å². The minimum Gasteiger partial charge on any atom is -0.385 e. The lowest BCUT2D eigenvalue weighted by Gasteiger charge is -2.00. The van der Waals surface area contributed by atoms with Gasteiger partial charge in [-0.15, -0.1) is 6.58 Å². The number of nitrogens with two attached hydrogens (primary N) is 1. The molecule has 0 radical (unpaired) electrons. The Bertz CT molecular complexity index is 299. The van der Waals surface area contributed by atoms with Crippen LogP contribution in [0.2, 0.25) is 0 Å². The zero-order valence-corrected chi connectivity index (χ0v) is 8.98. The molecule has 1 rings (SSSR count). The predicted octanol–water partition coefficient (Wildman–Crippen LogP) is 1.22. The molecule has 1 aromatic heterocycles. The fraction of sp³-hybridized carbons (Fsp3) is 0.600. The van der Waals surface area contributed by atoms with Gasteiger partial charge in [0.1, 0.15) is 0 Å². The lowest BCUT2D eigenvalue weighted by Crippen LogP contribution is -2.09. The molecule has 0 saturated carbocycles. The van der Waals surface area contributed by atoms with Crippen molar-refractivity contribution in [2.45, 2.75) is 25.3 Å². The molecule has 0 fully saturated rings. The first-order chi connectivity index (χ1) is 7.27. The van der Waals surface area contributed by atoms with Crippen molar-refractivity contribution in [3.05, 3.63) is 24.4 Å². The van der Waals surface area contributed by atoms with Crippen LogP contribution in [-0.2, 0) is 11.2 Å². The molecule has 15 heavy (non-hydrogen) atoms. The normalized spacial score (nSPS) is 12.7. The molecule has 0 aromatic carbocycles. The molecule has 0 spiro atoms. The SMILES string of the molecule is C=CCC(N)c1nc(CCCOC)no1. The van der Waals surface area contributed by atoms with Gasteiger partial charge in [0.15, 0.2) is 5.82 Å². The number of aromatic nitrogens is 2. The van der Waals surface area contributed by atoms with Gasteiger partial charge in [0, 0.05) is 20.1 Å². The molecule has 2 N–H and O–H groups in total. The van der Waals surface area contributed by atoms with E-state index in [0.29, 0.717) is 24.7 Å². The first kappa shape index (κ1) is 11.9. The Hall–Kier alpha value is -1.20. The monoisotopic (exact) mass is 211 g/mol. The minimum absolute atomic E-state index is 0.244. The van der Waals surface area contributed by atoms with Crippen LogP contribution in [-0.4, -0.2) is 23.9 Å². The number of methoxy groups -OCH3 is 1. The first-order valence-corrected chi connectivity index (χ1v) is 4.95. The molecule has 0 aliphatic heterocycles. The molecule has 1 heterocycles. The third kappa shape index (κ3) is 3.81. The molecule has 0 bridgehead atoms. The molecule has 1 atom stereocenters. The maximum Gasteiger partial charge on any atom is 0.243 e. The molecular weight excluding hydrogens is 194 g/mol. The van der Waals surface area contributed by atoms with Crippen LogP contribution >= 0.6 is 0 Å². The third-order valence-electron chi connectivity index (χ3n) is 1.97. The molecule has 0 amide bonds. The molecule has 0 saturated heterocycles. The number of hydrogen-bond acceptors (Lipinski definition) is 5. The van der Waals surface area contributed by atoms with E-state index in [9.17, 15) is 0 Å². The van der Waals surface area contributed by atoms with Gasteiger partial charge in [-0.05, 0) is 12.8 Å². The molecule has 84 valence electrons. The second kappa shape index (κ2) is 6.31. The Kier molecular flexibility index (Phi) is 5.00. The molecule has 1 aromatic rings. The fourth-order valence-corrected chi connectivity index (χ4v) is 1.17. The Morgan fingerprint density at radius 1 is 1.67 bits per heavy atom. The van der Waals surface area contributed by atoms with E-state index >= 15 is 0 Å². The van der Waals surface area contributed by atoms with Crippen molar-refractivity contribution in [3.63, 3.8) is 0 Å². The second-order valence-electron chi connectivity index (χ2n) is 3.28. The van der Waals surface area contributed by atoms with Gasteiger partial charge in [0.2, 0.25) is 5.89 Å². The van der Waals surface area contributed by atoms with Crippen molar-refractivity contribution in [1.82, 2.24) is 10.1 Å². The van der Waals surface area contributed by atoms with E-state index in [-0.39, 0.29) is 6.04 Å². The van der Waals surface area contributed by atoms with E-state index in [2.05, 4.69) is 16.7 Å². The summed E-state index contributed by atoms with van der Waals surface area (Å²) in [5.74, 6) is 1.16. The summed E-state index contributed by atoms with van der Waals surface area (Å²) in [4.78, 5) is 4.19. The van der Waals surface area contributed by atoms with E-state index in [1.54, 1.807) is 13.2 Å². The Labute approximate surface area is 89.3 Å². The number of ether oxygens (including phenoxy) is 1. The summed E-state index contributed by atoms with van der Waals surface area (Å²) in [5.41, 5.74) is 5.78. The topological polar surface area (TPSA) is 74.2 Å². The fourth-order valence-electron chi connectivity index (χ4n) is 1.17. The van der Waals surface area contributed by atoms with Gasteiger partial charge in [0.05, 0.1) is 6.04 Å². The highest BCUT2D eigenvalue weighted by Gasteiger charge is 2.12. The van der Waals surface area contributed by atoms with Crippen LogP contribution in [0.1, 0.15) is 30.6 Å². The van der Waals surface area contributed by atoms with Gasteiger partial charge >= 0.3 is 0 Å². The maximum absolute atomic E-state index is 5.78. The molecule has 1 unspecified atom stereocenters. The van der Waals surface area contributed by atoms with Crippen molar-refractivity contribution in [2.75, 3.05) is 13.7 Å². The smallest absolute Gasteiger partial charge is 0.243 e. The van der Waals surface area contributed by atoms with Crippen molar-refractivity contribution in [3.8, 4) is 0 Å². The quantitative estimate of drug-likeness (QED) is 0.542. The van der Waals surface area contributed by atoms with Gasteiger partial charge in [-0.25, -0.2) is 0 Å². The van der Waals surface area contributed by atoms with Crippen LogP contribution < -0.4 is 5.73 Å². The highest BCUT2D eigenvalue weighted by atomic mass is 16.5. The van der Waals surface area contributed by atoms with Crippen molar-refractivity contribution in [1.29, 1.82) is 0 Å². The third-order valence-corrected chi connectivity index (χ3v) is 1.97. The molecule has 5 heteroatoms. The van der Waals surface area contributed by atoms with E-state index in [0.717, 1.165) is 12.8 Å². The number of aryl methyl sites for hydroxylation is 1. The summed E-state index contributed by atoms with van der Waals surface area (Å²) in [7, 11) is 1.67. The summed E-state index contributed by atoms with van der Waals surface area (Å²) in [6, 6.07) is -0.244. The summed E-state index contributed by atoms with van der Waals surface area (Å²) < 4.78 is 9.97. The van der Waals surface area contributed by atoms with Gasteiger partial charge in [0.25, 0.3) is 0 Å². The van der Waals surface area contributed by atoms with Crippen LogP contribution in [0.5, 0.6) is 0 Å². The van der Waals surface area contributed by atoms with E-state index < -0.39 is 0 Å². The van der Waals surface area contributed by atoms with Crippen molar-refractivity contribution >= 4 is 0 Å². The maximum atomic E-state index is 5.78. The Morgan fingerprint density at radius 2 is 2.47 bits per heavy atom. The molecule has 0 aliphatic rings. The standard InChI is InChI=1S/C10H17N3O2/c1-3-5-8(11)10-12-9(13-15-10)6-4-7-14-2/h3,8H,1,4-7,11H2,2H3. The van der Waals surface area contributed by atoms with Crippen LogP contribution in [0.25, 0.3) is 0 Å². The number of hydrogen-bond donors (Lipinski definition) is 1. The van der Waals surface area contributed by atoms with Crippen molar-refractivity contribution in [2.24, 2.45) is 5.73 Å². The summed E-state index contributed by atoms with van der Waals surface area (Å²) in [6.07, 6.45) is 4.00. The lowest BCUT2D eigenvalue weighted by atomic mass is 10.2. The molecule has 5 nitrogen and oxygen atoms in total. The zero-order chi connectivity index (χ0) is 11.1. The highest BCUT2D eigenvalue weighted by molar-refractivity contribution is 4.94. The first-order valence-electron chi connectivity index (χ1n) is 4.95. The molecule has 0 aliphatic carbocycles. The number of rotatable bonds is 7. The number of nitrogens with zero attached hydrogens (tertiary/aromatic N) is 2. The van der Waals surface area contributed by atoms with Crippen LogP contribution in [0, 0.1) is 0 Å². The van der Waals surface area contributed by atoms with E-state index in [1.165, 1.54) is 0 Å². The van der Waals surface area contributed by atoms with Crippen LogP contribution in [0.4, 0.5) is 0 Å².